The fourth-order valence-electron chi connectivity index (χ4n) is 0.569. The lowest BCUT2D eigenvalue weighted by Gasteiger charge is -2.23. The van der Waals surface area contributed by atoms with Crippen LogP contribution in [0, 0.1) is 0 Å². The summed E-state index contributed by atoms with van der Waals surface area (Å²) in [5, 5.41) is 0. The minimum atomic E-state index is -0.568. The maximum Gasteiger partial charge on any atom is 0.509 e. The van der Waals surface area contributed by atoms with Gasteiger partial charge in [0.2, 0.25) is 0 Å². The Morgan fingerprint density at radius 2 is 1.92 bits per heavy atom. The van der Waals surface area contributed by atoms with E-state index in [0.29, 0.717) is 0 Å². The third-order valence-electron chi connectivity index (χ3n) is 2.08. The summed E-state index contributed by atoms with van der Waals surface area (Å²) in [5.41, 5.74) is -0.426. The first-order valence-electron chi connectivity index (χ1n) is 4.81. The zero-order valence-corrected chi connectivity index (χ0v) is 9.22. The summed E-state index contributed by atoms with van der Waals surface area (Å²) in [4.78, 5) is 11.1. The van der Waals surface area contributed by atoms with E-state index in [-0.39, 0.29) is 6.10 Å². The quantitative estimate of drug-likeness (QED) is 0.636. The molecule has 0 saturated carbocycles. The molecule has 0 fully saturated rings. The Balaban J connectivity index is 3.87. The second-order valence-electron chi connectivity index (χ2n) is 3.80. The van der Waals surface area contributed by atoms with Gasteiger partial charge in [-0.3, -0.25) is 0 Å². The molecule has 0 spiro atoms. The van der Waals surface area contributed by atoms with Gasteiger partial charge < -0.3 is 9.47 Å². The molecule has 0 heterocycles. The molecule has 0 aromatic heterocycles. The Hall–Kier alpha value is -0.730. The monoisotopic (exact) mass is 188 g/mol. The summed E-state index contributed by atoms with van der Waals surface area (Å²) in [5.74, 6) is 0. The molecule has 0 aromatic rings. The van der Waals surface area contributed by atoms with Crippen LogP contribution in [-0.2, 0) is 9.47 Å². The van der Waals surface area contributed by atoms with E-state index >= 15 is 0 Å². The normalized spacial score (nSPS) is 13.6. The van der Waals surface area contributed by atoms with E-state index < -0.39 is 11.8 Å². The van der Waals surface area contributed by atoms with Gasteiger partial charge in [0, 0.05) is 0 Å². The SMILES string of the molecule is CC[C@@H](C)OC(=O)OC(C)(C)CC. The standard InChI is InChI=1S/C10H20O3/c1-6-8(3)12-9(11)13-10(4,5)7-2/h8H,6-7H2,1-5H3/t8-/m1/s1. The van der Waals surface area contributed by atoms with E-state index in [0.717, 1.165) is 12.8 Å². The molecule has 0 saturated heterocycles. The fraction of sp³-hybridized carbons (Fsp3) is 0.900. The number of hydrogen-bond donors (Lipinski definition) is 0. The second kappa shape index (κ2) is 5.10. The van der Waals surface area contributed by atoms with E-state index in [4.69, 9.17) is 9.47 Å². The van der Waals surface area contributed by atoms with Crippen LogP contribution in [0.1, 0.15) is 47.5 Å². The minimum Gasteiger partial charge on any atom is -0.431 e. The van der Waals surface area contributed by atoms with Gasteiger partial charge in [-0.2, -0.15) is 0 Å². The number of ether oxygens (including phenoxy) is 2. The van der Waals surface area contributed by atoms with Crippen molar-refractivity contribution in [1.29, 1.82) is 0 Å². The zero-order chi connectivity index (χ0) is 10.5. The van der Waals surface area contributed by atoms with Crippen LogP contribution in [0.25, 0.3) is 0 Å². The number of carbonyl (C=O) groups excluding carboxylic acids is 1. The van der Waals surface area contributed by atoms with E-state index in [9.17, 15) is 4.79 Å². The molecule has 0 bridgehead atoms. The van der Waals surface area contributed by atoms with Crippen molar-refractivity contribution in [1.82, 2.24) is 0 Å². The first-order valence-corrected chi connectivity index (χ1v) is 4.81. The van der Waals surface area contributed by atoms with Crippen molar-refractivity contribution in [2.24, 2.45) is 0 Å². The van der Waals surface area contributed by atoms with Crippen LogP contribution in [0.5, 0.6) is 0 Å². The minimum absolute atomic E-state index is 0.0693. The molecule has 0 aliphatic heterocycles. The molecule has 0 radical (unpaired) electrons. The van der Waals surface area contributed by atoms with Gasteiger partial charge in [0.25, 0.3) is 0 Å². The second-order valence-corrected chi connectivity index (χ2v) is 3.80. The zero-order valence-electron chi connectivity index (χ0n) is 9.22. The molecule has 78 valence electrons. The van der Waals surface area contributed by atoms with E-state index in [2.05, 4.69) is 0 Å². The molecule has 0 N–H and O–H groups in total. The van der Waals surface area contributed by atoms with Crippen molar-refractivity contribution in [2.45, 2.75) is 59.2 Å². The predicted octanol–water partition coefficient (Wildman–Crippen LogP) is 3.13. The van der Waals surface area contributed by atoms with Crippen molar-refractivity contribution >= 4 is 6.16 Å². The van der Waals surface area contributed by atoms with Crippen LogP contribution in [0.2, 0.25) is 0 Å². The highest BCUT2D eigenvalue weighted by Crippen LogP contribution is 2.15. The summed E-state index contributed by atoms with van der Waals surface area (Å²) in [6, 6.07) is 0. The number of rotatable bonds is 4. The highest BCUT2D eigenvalue weighted by atomic mass is 16.7. The lowest BCUT2D eigenvalue weighted by atomic mass is 10.1. The molecule has 1 atom stereocenters. The third-order valence-corrected chi connectivity index (χ3v) is 2.08. The third kappa shape index (κ3) is 5.50. The van der Waals surface area contributed by atoms with Crippen LogP contribution < -0.4 is 0 Å². The van der Waals surface area contributed by atoms with Crippen molar-refractivity contribution in [3.63, 3.8) is 0 Å². The van der Waals surface area contributed by atoms with E-state index in [1.807, 2.05) is 34.6 Å². The summed E-state index contributed by atoms with van der Waals surface area (Å²) in [6.45, 7) is 9.51. The Bertz CT molecular complexity index is 164. The van der Waals surface area contributed by atoms with Gasteiger partial charge in [0.05, 0.1) is 0 Å². The molecule has 3 heteroatoms. The average molecular weight is 188 g/mol. The van der Waals surface area contributed by atoms with Gasteiger partial charge in [-0.05, 0) is 33.6 Å². The Morgan fingerprint density at radius 3 is 2.31 bits per heavy atom. The molecular weight excluding hydrogens is 168 g/mol. The van der Waals surface area contributed by atoms with Crippen LogP contribution >= 0.6 is 0 Å². The molecule has 3 nitrogen and oxygen atoms in total. The van der Waals surface area contributed by atoms with Gasteiger partial charge in [-0.15, -0.1) is 0 Å². The van der Waals surface area contributed by atoms with Crippen molar-refractivity contribution < 1.29 is 14.3 Å². The van der Waals surface area contributed by atoms with Gasteiger partial charge in [0.1, 0.15) is 11.7 Å². The first kappa shape index (κ1) is 12.3. The topological polar surface area (TPSA) is 35.5 Å². The lowest BCUT2D eigenvalue weighted by molar-refractivity contribution is -0.0330. The van der Waals surface area contributed by atoms with Gasteiger partial charge in [-0.25, -0.2) is 4.79 Å². The van der Waals surface area contributed by atoms with Gasteiger partial charge in [-0.1, -0.05) is 13.8 Å². The number of hydrogen-bond acceptors (Lipinski definition) is 3. The summed E-state index contributed by atoms with van der Waals surface area (Å²) < 4.78 is 10.1. The van der Waals surface area contributed by atoms with Crippen molar-refractivity contribution in [3.05, 3.63) is 0 Å². The summed E-state index contributed by atoms with van der Waals surface area (Å²) in [7, 11) is 0. The fourth-order valence-corrected chi connectivity index (χ4v) is 0.569. The molecule has 0 aromatic carbocycles. The molecular formula is C10H20O3. The van der Waals surface area contributed by atoms with E-state index in [1.54, 1.807) is 0 Å². The Kier molecular flexibility index (Phi) is 4.81. The maximum atomic E-state index is 11.1. The van der Waals surface area contributed by atoms with Crippen LogP contribution in [-0.4, -0.2) is 17.9 Å². The highest BCUT2D eigenvalue weighted by Gasteiger charge is 2.22. The summed E-state index contributed by atoms with van der Waals surface area (Å²) in [6.07, 6.45) is 0.950. The Labute approximate surface area is 80.4 Å². The molecule has 0 amide bonds. The van der Waals surface area contributed by atoms with Crippen molar-refractivity contribution in [2.75, 3.05) is 0 Å². The average Bonchev–Trinajstić information content (AvgIpc) is 2.03. The highest BCUT2D eigenvalue weighted by molar-refractivity contribution is 5.60. The molecule has 13 heavy (non-hydrogen) atoms. The van der Waals surface area contributed by atoms with Crippen molar-refractivity contribution in [3.8, 4) is 0 Å². The van der Waals surface area contributed by atoms with E-state index in [1.165, 1.54) is 0 Å². The van der Waals surface area contributed by atoms with Crippen LogP contribution in [0.15, 0.2) is 0 Å². The van der Waals surface area contributed by atoms with Crippen LogP contribution in [0.4, 0.5) is 4.79 Å². The number of carbonyl (C=O) groups is 1. The largest absolute Gasteiger partial charge is 0.509 e. The maximum absolute atomic E-state index is 11.1. The molecule has 0 aliphatic carbocycles. The smallest absolute Gasteiger partial charge is 0.431 e. The van der Waals surface area contributed by atoms with Gasteiger partial charge >= 0.3 is 6.16 Å². The molecule has 0 aliphatic rings. The first-order chi connectivity index (χ1) is 5.91. The molecule has 0 unspecified atom stereocenters. The van der Waals surface area contributed by atoms with Gasteiger partial charge in [0.15, 0.2) is 0 Å². The Morgan fingerprint density at radius 1 is 1.38 bits per heavy atom. The lowest BCUT2D eigenvalue weighted by Crippen LogP contribution is -2.29. The summed E-state index contributed by atoms with van der Waals surface area (Å²) >= 11 is 0. The van der Waals surface area contributed by atoms with Crippen LogP contribution in [0.3, 0.4) is 0 Å². The molecule has 0 rings (SSSR count). The predicted molar refractivity (Wildman–Crippen MR) is 51.7 cm³/mol.